The average Bonchev–Trinajstić information content (AvgIpc) is 2.52. The number of azide groups is 1. The number of hydrogen-bond acceptors (Lipinski definition) is 3. The molecule has 0 amide bonds. The standard InChI is InChI=1S/C7H9N5O/c1-5(2)6(13)12-4-3-9-7(12)10-11-8/h3-5H,1-2H3. The Labute approximate surface area is 74.8 Å². The molecule has 0 atom stereocenters. The van der Waals surface area contributed by atoms with Crippen LogP contribution in [0.1, 0.15) is 18.6 Å². The van der Waals surface area contributed by atoms with Crippen LogP contribution in [0.5, 0.6) is 0 Å². The van der Waals surface area contributed by atoms with E-state index in [0.29, 0.717) is 0 Å². The van der Waals surface area contributed by atoms with Gasteiger partial charge in [0, 0.05) is 23.2 Å². The molecular formula is C7H9N5O. The molecule has 0 aliphatic carbocycles. The first-order valence-corrected chi connectivity index (χ1v) is 3.79. The van der Waals surface area contributed by atoms with Crippen molar-refractivity contribution < 1.29 is 4.79 Å². The second kappa shape index (κ2) is 3.73. The molecule has 0 radical (unpaired) electrons. The van der Waals surface area contributed by atoms with Crippen molar-refractivity contribution in [2.45, 2.75) is 13.8 Å². The van der Waals surface area contributed by atoms with Gasteiger partial charge in [0.15, 0.2) is 0 Å². The lowest BCUT2D eigenvalue weighted by Gasteiger charge is -2.04. The molecule has 0 N–H and O–H groups in total. The molecule has 6 heteroatoms. The van der Waals surface area contributed by atoms with E-state index in [2.05, 4.69) is 15.0 Å². The lowest BCUT2D eigenvalue weighted by atomic mass is 10.2. The van der Waals surface area contributed by atoms with Gasteiger partial charge in [0.25, 0.3) is 0 Å². The van der Waals surface area contributed by atoms with Crippen molar-refractivity contribution in [1.29, 1.82) is 0 Å². The molecule has 0 aromatic carbocycles. The fraction of sp³-hybridized carbons (Fsp3) is 0.429. The van der Waals surface area contributed by atoms with Gasteiger partial charge in [-0.2, -0.15) is 0 Å². The van der Waals surface area contributed by atoms with Crippen LogP contribution in [0.4, 0.5) is 5.95 Å². The smallest absolute Gasteiger partial charge is 0.234 e. The Morgan fingerprint density at radius 3 is 3.00 bits per heavy atom. The van der Waals surface area contributed by atoms with Gasteiger partial charge in [-0.3, -0.25) is 9.36 Å². The molecule has 0 fully saturated rings. The van der Waals surface area contributed by atoms with E-state index in [1.54, 1.807) is 13.8 Å². The molecule has 6 nitrogen and oxygen atoms in total. The van der Waals surface area contributed by atoms with Crippen LogP contribution in [-0.4, -0.2) is 15.5 Å². The highest BCUT2D eigenvalue weighted by molar-refractivity contribution is 5.82. The van der Waals surface area contributed by atoms with Gasteiger partial charge < -0.3 is 0 Å². The van der Waals surface area contributed by atoms with Crippen LogP contribution in [0.2, 0.25) is 0 Å². The third kappa shape index (κ3) is 1.86. The van der Waals surface area contributed by atoms with Gasteiger partial charge in [-0.1, -0.05) is 13.8 Å². The summed E-state index contributed by atoms with van der Waals surface area (Å²) in [5, 5.41) is 3.28. The highest BCUT2D eigenvalue weighted by Crippen LogP contribution is 2.11. The van der Waals surface area contributed by atoms with Crippen LogP contribution >= 0.6 is 0 Å². The van der Waals surface area contributed by atoms with Crippen LogP contribution in [0.3, 0.4) is 0 Å². The Morgan fingerprint density at radius 2 is 2.46 bits per heavy atom. The van der Waals surface area contributed by atoms with E-state index in [1.807, 2.05) is 0 Å². The molecule has 0 unspecified atom stereocenters. The summed E-state index contributed by atoms with van der Waals surface area (Å²) >= 11 is 0. The maximum atomic E-state index is 11.4. The number of carbonyl (C=O) groups excluding carboxylic acids is 1. The van der Waals surface area contributed by atoms with E-state index < -0.39 is 0 Å². The summed E-state index contributed by atoms with van der Waals surface area (Å²) in [7, 11) is 0. The van der Waals surface area contributed by atoms with Crippen LogP contribution in [-0.2, 0) is 0 Å². The van der Waals surface area contributed by atoms with Gasteiger partial charge in [0.05, 0.1) is 0 Å². The average molecular weight is 179 g/mol. The molecule has 1 aromatic rings. The molecule has 0 aliphatic heterocycles. The van der Waals surface area contributed by atoms with E-state index in [4.69, 9.17) is 5.53 Å². The molecular weight excluding hydrogens is 170 g/mol. The van der Waals surface area contributed by atoms with Crippen molar-refractivity contribution in [2.75, 3.05) is 0 Å². The van der Waals surface area contributed by atoms with Crippen molar-refractivity contribution in [2.24, 2.45) is 11.0 Å². The Morgan fingerprint density at radius 1 is 1.77 bits per heavy atom. The fourth-order valence-electron chi connectivity index (χ4n) is 0.860. The van der Waals surface area contributed by atoms with Gasteiger partial charge in [0.1, 0.15) is 0 Å². The van der Waals surface area contributed by atoms with Crippen LogP contribution in [0.25, 0.3) is 10.4 Å². The summed E-state index contributed by atoms with van der Waals surface area (Å²) < 4.78 is 1.24. The molecule has 0 saturated carbocycles. The summed E-state index contributed by atoms with van der Waals surface area (Å²) in [6, 6.07) is 0. The van der Waals surface area contributed by atoms with Gasteiger partial charge in [0.2, 0.25) is 11.9 Å². The number of imidazole rings is 1. The largest absolute Gasteiger partial charge is 0.274 e. The summed E-state index contributed by atoms with van der Waals surface area (Å²) in [5.41, 5.74) is 8.18. The highest BCUT2D eigenvalue weighted by atomic mass is 16.2. The maximum Gasteiger partial charge on any atom is 0.234 e. The Kier molecular flexibility index (Phi) is 2.66. The normalized spacial score (nSPS) is 9.77. The molecule has 0 saturated heterocycles. The minimum absolute atomic E-state index is 0.0844. The third-order valence-corrected chi connectivity index (χ3v) is 1.49. The molecule has 1 rings (SSSR count). The van der Waals surface area contributed by atoms with Crippen LogP contribution in [0.15, 0.2) is 17.5 Å². The van der Waals surface area contributed by atoms with Gasteiger partial charge in [-0.25, -0.2) is 4.98 Å². The summed E-state index contributed by atoms with van der Waals surface area (Å²) in [4.78, 5) is 17.7. The Balaban J connectivity index is 3.07. The fourth-order valence-corrected chi connectivity index (χ4v) is 0.860. The molecule has 13 heavy (non-hydrogen) atoms. The van der Waals surface area contributed by atoms with Gasteiger partial charge in [-0.15, -0.1) is 0 Å². The van der Waals surface area contributed by atoms with Crippen LogP contribution < -0.4 is 0 Å². The maximum absolute atomic E-state index is 11.4. The summed E-state index contributed by atoms with van der Waals surface area (Å²) in [5.74, 6) is -0.206. The van der Waals surface area contributed by atoms with Crippen molar-refractivity contribution in [1.82, 2.24) is 9.55 Å². The number of carbonyl (C=O) groups is 1. The molecule has 68 valence electrons. The topological polar surface area (TPSA) is 83.7 Å². The first kappa shape index (κ1) is 9.28. The van der Waals surface area contributed by atoms with E-state index in [-0.39, 0.29) is 17.8 Å². The van der Waals surface area contributed by atoms with Crippen molar-refractivity contribution in [3.8, 4) is 0 Å². The van der Waals surface area contributed by atoms with Crippen molar-refractivity contribution in [3.05, 3.63) is 22.8 Å². The number of nitrogens with zero attached hydrogens (tertiary/aromatic N) is 5. The second-order valence-electron chi connectivity index (χ2n) is 2.78. The molecule has 1 aromatic heterocycles. The van der Waals surface area contributed by atoms with E-state index >= 15 is 0 Å². The number of hydrogen-bond donors (Lipinski definition) is 0. The molecule has 0 aliphatic rings. The van der Waals surface area contributed by atoms with Gasteiger partial charge in [-0.05, 0) is 10.6 Å². The Hall–Kier alpha value is -1.81. The molecule has 0 spiro atoms. The number of aromatic nitrogens is 2. The summed E-state index contributed by atoms with van der Waals surface area (Å²) in [6.07, 6.45) is 2.90. The zero-order chi connectivity index (χ0) is 9.84. The zero-order valence-electron chi connectivity index (χ0n) is 7.38. The second-order valence-corrected chi connectivity index (χ2v) is 2.78. The number of rotatable bonds is 2. The van der Waals surface area contributed by atoms with Crippen LogP contribution in [0, 0.1) is 5.92 Å². The first-order valence-electron chi connectivity index (χ1n) is 3.79. The van der Waals surface area contributed by atoms with Crippen molar-refractivity contribution >= 4 is 11.9 Å². The minimum Gasteiger partial charge on any atom is -0.274 e. The lowest BCUT2D eigenvalue weighted by molar-refractivity contribution is 0.0857. The highest BCUT2D eigenvalue weighted by Gasteiger charge is 2.12. The lowest BCUT2D eigenvalue weighted by Crippen LogP contribution is -2.15. The van der Waals surface area contributed by atoms with E-state index in [0.717, 1.165) is 0 Å². The molecule has 0 bridgehead atoms. The summed E-state index contributed by atoms with van der Waals surface area (Å²) in [6.45, 7) is 3.53. The van der Waals surface area contributed by atoms with E-state index in [1.165, 1.54) is 17.0 Å². The van der Waals surface area contributed by atoms with Gasteiger partial charge >= 0.3 is 0 Å². The third-order valence-electron chi connectivity index (χ3n) is 1.49. The quantitative estimate of drug-likeness (QED) is 0.395. The SMILES string of the molecule is CC(C)C(=O)n1ccnc1N=[N+]=[N-]. The monoisotopic (exact) mass is 179 g/mol. The Bertz CT molecular complexity index is 361. The molecule has 1 heterocycles. The zero-order valence-corrected chi connectivity index (χ0v) is 7.38. The van der Waals surface area contributed by atoms with Crippen molar-refractivity contribution in [3.63, 3.8) is 0 Å². The minimum atomic E-state index is -0.151. The predicted octanol–water partition coefficient (Wildman–Crippen LogP) is 2.12. The predicted molar refractivity (Wildman–Crippen MR) is 46.5 cm³/mol. The first-order chi connectivity index (χ1) is 6.16. The van der Waals surface area contributed by atoms with E-state index in [9.17, 15) is 4.79 Å².